The van der Waals surface area contributed by atoms with Crippen LogP contribution in [-0.2, 0) is 0 Å². The predicted octanol–water partition coefficient (Wildman–Crippen LogP) is 3.79. The van der Waals surface area contributed by atoms with E-state index < -0.39 is 0 Å². The Balaban J connectivity index is 1.98. The first kappa shape index (κ1) is 14.1. The Labute approximate surface area is 127 Å². The van der Waals surface area contributed by atoms with Gasteiger partial charge in [-0.3, -0.25) is 0 Å². The van der Waals surface area contributed by atoms with E-state index in [-0.39, 0.29) is 11.3 Å². The summed E-state index contributed by atoms with van der Waals surface area (Å²) in [6, 6.07) is 11.9. The summed E-state index contributed by atoms with van der Waals surface area (Å²) in [6.45, 7) is 2.08. The summed E-state index contributed by atoms with van der Waals surface area (Å²) < 4.78 is 5.56. The quantitative estimate of drug-likeness (QED) is 0.573. The molecular weight excluding hydrogens is 282 g/mol. The van der Waals surface area contributed by atoms with Crippen LogP contribution in [0.2, 0.25) is 0 Å². The van der Waals surface area contributed by atoms with Gasteiger partial charge in [0.15, 0.2) is 0 Å². The van der Waals surface area contributed by atoms with E-state index in [9.17, 15) is 0 Å². The number of para-hydroxylation sites is 1. The van der Waals surface area contributed by atoms with Crippen molar-refractivity contribution in [1.29, 1.82) is 0 Å². The Hall–Kier alpha value is -1.85. The second-order valence-corrected chi connectivity index (χ2v) is 5.95. The predicted molar refractivity (Wildman–Crippen MR) is 85.1 cm³/mol. The minimum atomic E-state index is 0.00915. The van der Waals surface area contributed by atoms with E-state index in [4.69, 9.17) is 10.2 Å². The Bertz CT molecular complexity index is 709. The minimum absolute atomic E-state index is 0.00915. The molecule has 0 fully saturated rings. The van der Waals surface area contributed by atoms with E-state index in [1.807, 2.05) is 36.4 Å². The van der Waals surface area contributed by atoms with Crippen LogP contribution in [-0.4, -0.2) is 16.0 Å². The fourth-order valence-corrected chi connectivity index (χ4v) is 3.48. The maximum atomic E-state index is 6.28. The first-order valence-electron chi connectivity index (χ1n) is 6.95. The van der Waals surface area contributed by atoms with Crippen LogP contribution >= 0.6 is 11.8 Å². The van der Waals surface area contributed by atoms with Crippen molar-refractivity contribution in [1.82, 2.24) is 9.97 Å². The van der Waals surface area contributed by atoms with E-state index in [2.05, 4.69) is 16.9 Å². The molecule has 21 heavy (non-hydrogen) atoms. The van der Waals surface area contributed by atoms with Crippen molar-refractivity contribution in [3.05, 3.63) is 54.7 Å². The largest absolute Gasteiger partial charge is 0.468 e. The maximum absolute atomic E-state index is 6.28. The molecule has 2 atom stereocenters. The molecule has 5 heteroatoms. The van der Waals surface area contributed by atoms with Crippen LogP contribution in [0.5, 0.6) is 0 Å². The smallest absolute Gasteiger partial charge is 0.118 e. The number of aromatic nitrogens is 2. The molecule has 0 aliphatic heterocycles. The first-order valence-corrected chi connectivity index (χ1v) is 7.83. The van der Waals surface area contributed by atoms with Crippen LogP contribution in [0.25, 0.3) is 10.9 Å². The molecule has 2 heterocycles. The molecule has 0 amide bonds. The molecule has 0 aliphatic rings. The van der Waals surface area contributed by atoms with Gasteiger partial charge in [0, 0.05) is 11.4 Å². The Kier molecular flexibility index (Phi) is 4.22. The van der Waals surface area contributed by atoms with Gasteiger partial charge in [0.2, 0.25) is 0 Å². The van der Waals surface area contributed by atoms with Crippen molar-refractivity contribution in [2.75, 3.05) is 0 Å². The number of nitrogens with two attached hydrogens (primary N) is 1. The molecule has 2 unspecified atom stereocenters. The topological polar surface area (TPSA) is 64.9 Å². The fourth-order valence-electron chi connectivity index (χ4n) is 2.22. The molecule has 0 saturated carbocycles. The number of furan rings is 1. The second kappa shape index (κ2) is 6.28. The zero-order valence-corrected chi connectivity index (χ0v) is 12.6. The summed E-state index contributed by atoms with van der Waals surface area (Å²) in [7, 11) is 0. The lowest BCUT2D eigenvalue weighted by atomic mass is 10.1. The first-order chi connectivity index (χ1) is 10.3. The molecule has 1 aromatic carbocycles. The number of hydrogen-bond acceptors (Lipinski definition) is 5. The van der Waals surface area contributed by atoms with Gasteiger partial charge in [-0.2, -0.15) is 0 Å². The molecule has 0 saturated heterocycles. The van der Waals surface area contributed by atoms with Crippen LogP contribution in [0.4, 0.5) is 0 Å². The van der Waals surface area contributed by atoms with Gasteiger partial charge < -0.3 is 10.2 Å². The van der Waals surface area contributed by atoms with Gasteiger partial charge in [0.1, 0.15) is 17.1 Å². The van der Waals surface area contributed by atoms with Crippen LogP contribution in [0.1, 0.15) is 24.4 Å². The lowest BCUT2D eigenvalue weighted by Crippen LogP contribution is -2.25. The molecule has 0 radical (unpaired) electrons. The average Bonchev–Trinajstić information content (AvgIpc) is 3.06. The van der Waals surface area contributed by atoms with Gasteiger partial charge >= 0.3 is 0 Å². The summed E-state index contributed by atoms with van der Waals surface area (Å²) in [5.41, 5.74) is 7.22. The average molecular weight is 299 g/mol. The molecular formula is C16H17N3OS. The van der Waals surface area contributed by atoms with E-state index in [0.717, 1.165) is 28.1 Å². The van der Waals surface area contributed by atoms with E-state index in [1.165, 1.54) is 0 Å². The van der Waals surface area contributed by atoms with Gasteiger partial charge in [-0.05, 0) is 24.6 Å². The standard InChI is InChI=1S/C16H17N3OS/c1-2-12(17)15(14-8-5-9-20-14)21-16-11-6-3-4-7-13(11)18-10-19-16/h3-10,12,15H,2,17H2,1H3. The van der Waals surface area contributed by atoms with E-state index in [0.29, 0.717) is 0 Å². The number of hydrogen-bond donors (Lipinski definition) is 1. The molecule has 108 valence electrons. The fraction of sp³-hybridized carbons (Fsp3) is 0.250. The third kappa shape index (κ3) is 2.94. The van der Waals surface area contributed by atoms with Gasteiger partial charge in [-0.15, -0.1) is 0 Å². The van der Waals surface area contributed by atoms with Gasteiger partial charge in [0.05, 0.1) is 17.0 Å². The minimum Gasteiger partial charge on any atom is -0.468 e. The summed E-state index contributed by atoms with van der Waals surface area (Å²) in [5, 5.41) is 2.03. The number of benzene rings is 1. The summed E-state index contributed by atoms with van der Waals surface area (Å²) in [5.74, 6) is 0.886. The number of thioether (sulfide) groups is 1. The lowest BCUT2D eigenvalue weighted by Gasteiger charge is -2.20. The highest BCUT2D eigenvalue weighted by atomic mass is 32.2. The maximum Gasteiger partial charge on any atom is 0.118 e. The van der Waals surface area contributed by atoms with Crippen molar-refractivity contribution < 1.29 is 4.42 Å². The molecule has 3 aromatic rings. The number of nitrogens with zero attached hydrogens (tertiary/aromatic N) is 2. The second-order valence-electron chi connectivity index (χ2n) is 4.82. The molecule has 0 aliphatic carbocycles. The zero-order chi connectivity index (χ0) is 14.7. The molecule has 0 bridgehead atoms. The Morgan fingerprint density at radius 3 is 2.81 bits per heavy atom. The van der Waals surface area contributed by atoms with Crippen molar-refractivity contribution in [3.63, 3.8) is 0 Å². The van der Waals surface area contributed by atoms with Crippen molar-refractivity contribution in [2.45, 2.75) is 29.7 Å². The Morgan fingerprint density at radius 1 is 1.19 bits per heavy atom. The highest BCUT2D eigenvalue weighted by Gasteiger charge is 2.24. The van der Waals surface area contributed by atoms with Crippen LogP contribution in [0, 0.1) is 0 Å². The molecule has 0 spiro atoms. The van der Waals surface area contributed by atoms with Crippen molar-refractivity contribution in [3.8, 4) is 0 Å². The van der Waals surface area contributed by atoms with Gasteiger partial charge in [0.25, 0.3) is 0 Å². The third-order valence-corrected chi connectivity index (χ3v) is 4.81. The highest BCUT2D eigenvalue weighted by Crippen LogP contribution is 2.39. The lowest BCUT2D eigenvalue weighted by molar-refractivity contribution is 0.473. The van der Waals surface area contributed by atoms with Crippen LogP contribution in [0.3, 0.4) is 0 Å². The molecule has 2 aromatic heterocycles. The molecule has 4 nitrogen and oxygen atoms in total. The van der Waals surface area contributed by atoms with Gasteiger partial charge in [-0.25, -0.2) is 9.97 Å². The highest BCUT2D eigenvalue weighted by molar-refractivity contribution is 7.99. The van der Waals surface area contributed by atoms with Crippen molar-refractivity contribution in [2.24, 2.45) is 5.73 Å². The summed E-state index contributed by atoms with van der Waals surface area (Å²) in [4.78, 5) is 8.73. The summed E-state index contributed by atoms with van der Waals surface area (Å²) >= 11 is 1.64. The third-order valence-electron chi connectivity index (χ3n) is 3.43. The summed E-state index contributed by atoms with van der Waals surface area (Å²) in [6.07, 6.45) is 4.16. The SMILES string of the molecule is CCC(N)C(Sc1ncnc2ccccc12)c1ccco1. The molecule has 3 rings (SSSR count). The van der Waals surface area contributed by atoms with E-state index in [1.54, 1.807) is 24.4 Å². The van der Waals surface area contributed by atoms with Crippen LogP contribution < -0.4 is 5.73 Å². The zero-order valence-electron chi connectivity index (χ0n) is 11.8. The number of rotatable bonds is 5. The van der Waals surface area contributed by atoms with Gasteiger partial charge in [-0.1, -0.05) is 36.9 Å². The normalized spacial score (nSPS) is 14.2. The Morgan fingerprint density at radius 2 is 2.05 bits per heavy atom. The van der Waals surface area contributed by atoms with E-state index >= 15 is 0 Å². The van der Waals surface area contributed by atoms with Crippen molar-refractivity contribution >= 4 is 22.7 Å². The monoisotopic (exact) mass is 299 g/mol. The molecule has 2 N–H and O–H groups in total. The van der Waals surface area contributed by atoms with Crippen LogP contribution in [0.15, 0.2) is 58.4 Å². The number of fused-ring (bicyclic) bond motifs is 1.